The highest BCUT2D eigenvalue weighted by molar-refractivity contribution is 5.78. The average Bonchev–Trinajstić information content (AvgIpc) is 3.06. The molecular formula is C18H25N5O. The minimum atomic E-state index is 0.195. The van der Waals surface area contributed by atoms with Gasteiger partial charge >= 0.3 is 0 Å². The number of nitrogens with two attached hydrogens (primary N) is 1. The summed E-state index contributed by atoms with van der Waals surface area (Å²) in [7, 11) is 0. The summed E-state index contributed by atoms with van der Waals surface area (Å²) in [5, 5.41) is 0. The van der Waals surface area contributed by atoms with Gasteiger partial charge in [-0.25, -0.2) is 9.98 Å². The first-order valence-electron chi connectivity index (χ1n) is 8.43. The number of benzene rings is 1. The van der Waals surface area contributed by atoms with Gasteiger partial charge in [0, 0.05) is 32.0 Å². The molecular weight excluding hydrogens is 302 g/mol. The zero-order valence-electron chi connectivity index (χ0n) is 14.1. The van der Waals surface area contributed by atoms with Crippen LogP contribution in [0.1, 0.15) is 18.3 Å². The van der Waals surface area contributed by atoms with Gasteiger partial charge in [-0.1, -0.05) is 30.3 Å². The monoisotopic (exact) mass is 327 g/mol. The number of ether oxygens (including phenoxy) is 1. The normalized spacial score (nSPS) is 18.8. The molecule has 0 radical (unpaired) electrons. The summed E-state index contributed by atoms with van der Waals surface area (Å²) in [6.45, 7) is 5.72. The van der Waals surface area contributed by atoms with Crippen molar-refractivity contribution in [1.82, 2.24) is 14.5 Å². The molecule has 2 heterocycles. The maximum Gasteiger partial charge on any atom is 0.191 e. The van der Waals surface area contributed by atoms with Crippen LogP contribution in [-0.4, -0.2) is 46.2 Å². The molecule has 24 heavy (non-hydrogen) atoms. The van der Waals surface area contributed by atoms with Crippen LogP contribution in [0.2, 0.25) is 0 Å². The van der Waals surface area contributed by atoms with Crippen LogP contribution >= 0.6 is 0 Å². The van der Waals surface area contributed by atoms with E-state index in [4.69, 9.17) is 10.5 Å². The molecule has 6 nitrogen and oxygen atoms in total. The fourth-order valence-electron chi connectivity index (χ4n) is 2.87. The molecule has 1 aromatic carbocycles. The highest BCUT2D eigenvalue weighted by atomic mass is 16.5. The van der Waals surface area contributed by atoms with Crippen molar-refractivity contribution in [3.8, 4) is 0 Å². The molecule has 2 N–H and O–H groups in total. The van der Waals surface area contributed by atoms with E-state index in [-0.39, 0.29) is 6.10 Å². The number of aromatic nitrogens is 2. The van der Waals surface area contributed by atoms with E-state index >= 15 is 0 Å². The Morgan fingerprint density at radius 3 is 3.00 bits per heavy atom. The number of nitrogens with zero attached hydrogens (tertiary/aromatic N) is 4. The summed E-state index contributed by atoms with van der Waals surface area (Å²) in [6.07, 6.45) is 4.99. The van der Waals surface area contributed by atoms with Crippen molar-refractivity contribution in [2.45, 2.75) is 32.5 Å². The quantitative estimate of drug-likeness (QED) is 0.670. The number of aliphatic imine (C=N–C) groups is 1. The Labute approximate surface area is 143 Å². The lowest BCUT2D eigenvalue weighted by molar-refractivity contribution is 0.00528. The molecule has 6 heteroatoms. The highest BCUT2D eigenvalue weighted by Gasteiger charge is 2.18. The lowest BCUT2D eigenvalue weighted by atomic mass is 10.1. The first-order chi connectivity index (χ1) is 11.7. The SMILES string of the molecule is CC1CN(C(N)=NCc2nccn2CCc2ccccc2)CCO1. The van der Waals surface area contributed by atoms with Crippen LogP contribution in [0, 0.1) is 0 Å². The molecule has 128 valence electrons. The third-order valence-electron chi connectivity index (χ3n) is 4.23. The molecule has 0 spiro atoms. The molecule has 1 unspecified atom stereocenters. The van der Waals surface area contributed by atoms with E-state index in [1.54, 1.807) is 0 Å². The van der Waals surface area contributed by atoms with Gasteiger partial charge in [0.05, 0.1) is 12.7 Å². The van der Waals surface area contributed by atoms with Gasteiger partial charge in [0.2, 0.25) is 0 Å². The van der Waals surface area contributed by atoms with Crippen molar-refractivity contribution in [2.75, 3.05) is 19.7 Å². The number of imidazole rings is 1. The number of hydrogen-bond donors (Lipinski definition) is 1. The molecule has 0 saturated carbocycles. The van der Waals surface area contributed by atoms with E-state index in [2.05, 4.69) is 50.6 Å². The summed E-state index contributed by atoms with van der Waals surface area (Å²) in [4.78, 5) is 11.0. The van der Waals surface area contributed by atoms with Crippen LogP contribution in [0.15, 0.2) is 47.7 Å². The molecule has 0 bridgehead atoms. The second-order valence-electron chi connectivity index (χ2n) is 6.07. The maximum absolute atomic E-state index is 6.13. The molecule has 2 aromatic rings. The third-order valence-corrected chi connectivity index (χ3v) is 4.23. The minimum Gasteiger partial charge on any atom is -0.375 e. The number of aryl methyl sites for hydroxylation is 2. The maximum atomic E-state index is 6.13. The number of hydrogen-bond acceptors (Lipinski definition) is 3. The van der Waals surface area contributed by atoms with Gasteiger partial charge in [-0.05, 0) is 18.9 Å². The molecule has 1 aliphatic heterocycles. The first-order valence-corrected chi connectivity index (χ1v) is 8.43. The fourth-order valence-corrected chi connectivity index (χ4v) is 2.87. The fraction of sp³-hybridized carbons (Fsp3) is 0.444. The second kappa shape index (κ2) is 7.97. The van der Waals surface area contributed by atoms with Crippen molar-refractivity contribution in [1.29, 1.82) is 0 Å². The smallest absolute Gasteiger partial charge is 0.191 e. The van der Waals surface area contributed by atoms with Gasteiger partial charge in [0.25, 0.3) is 0 Å². The molecule has 1 atom stereocenters. The largest absolute Gasteiger partial charge is 0.375 e. The van der Waals surface area contributed by atoms with Crippen molar-refractivity contribution in [3.63, 3.8) is 0 Å². The number of rotatable bonds is 5. The van der Waals surface area contributed by atoms with Crippen molar-refractivity contribution in [2.24, 2.45) is 10.7 Å². The molecule has 1 aliphatic rings. The van der Waals surface area contributed by atoms with E-state index < -0.39 is 0 Å². The Morgan fingerprint density at radius 2 is 2.21 bits per heavy atom. The average molecular weight is 327 g/mol. The Kier molecular flexibility index (Phi) is 5.48. The van der Waals surface area contributed by atoms with Crippen LogP contribution in [0.3, 0.4) is 0 Å². The Morgan fingerprint density at radius 1 is 1.38 bits per heavy atom. The summed E-state index contributed by atoms with van der Waals surface area (Å²) in [6, 6.07) is 10.5. The number of morpholine rings is 1. The Hall–Kier alpha value is -2.34. The molecule has 1 fully saturated rings. The predicted octanol–water partition coefficient (Wildman–Crippen LogP) is 1.66. The van der Waals surface area contributed by atoms with Gasteiger partial charge in [0.1, 0.15) is 12.4 Å². The van der Waals surface area contributed by atoms with Crippen molar-refractivity contribution in [3.05, 3.63) is 54.1 Å². The zero-order valence-corrected chi connectivity index (χ0v) is 14.1. The van der Waals surface area contributed by atoms with Crippen LogP contribution in [0.4, 0.5) is 0 Å². The summed E-state index contributed by atoms with van der Waals surface area (Å²) in [5.74, 6) is 1.51. The summed E-state index contributed by atoms with van der Waals surface area (Å²) >= 11 is 0. The van der Waals surface area contributed by atoms with Crippen LogP contribution in [0.25, 0.3) is 0 Å². The van der Waals surface area contributed by atoms with E-state index in [9.17, 15) is 0 Å². The Balaban J connectivity index is 1.57. The van der Waals surface area contributed by atoms with Crippen LogP contribution in [-0.2, 0) is 24.2 Å². The van der Waals surface area contributed by atoms with E-state index in [0.29, 0.717) is 19.1 Å². The molecule has 1 saturated heterocycles. The van der Waals surface area contributed by atoms with Gasteiger partial charge in [-0.15, -0.1) is 0 Å². The van der Waals surface area contributed by atoms with Crippen LogP contribution < -0.4 is 5.73 Å². The summed E-state index contributed by atoms with van der Waals surface area (Å²) < 4.78 is 7.68. The van der Waals surface area contributed by atoms with Gasteiger partial charge < -0.3 is 19.9 Å². The molecule has 0 aliphatic carbocycles. The molecule has 1 aromatic heterocycles. The first kappa shape index (κ1) is 16.5. The number of guanidine groups is 1. The summed E-state index contributed by atoms with van der Waals surface area (Å²) in [5.41, 5.74) is 7.45. The third kappa shape index (κ3) is 4.35. The topological polar surface area (TPSA) is 68.7 Å². The van der Waals surface area contributed by atoms with E-state index in [1.165, 1.54) is 5.56 Å². The standard InChI is InChI=1S/C18H25N5O/c1-15-14-23(11-12-24-15)18(19)21-13-17-20-8-10-22(17)9-7-16-5-3-2-4-6-16/h2-6,8,10,15H,7,9,11-14H2,1H3,(H2,19,21). The van der Waals surface area contributed by atoms with E-state index in [0.717, 1.165) is 31.9 Å². The van der Waals surface area contributed by atoms with Crippen molar-refractivity contribution < 1.29 is 4.74 Å². The van der Waals surface area contributed by atoms with Gasteiger partial charge in [0.15, 0.2) is 5.96 Å². The van der Waals surface area contributed by atoms with Crippen molar-refractivity contribution >= 4 is 5.96 Å². The minimum absolute atomic E-state index is 0.195. The van der Waals surface area contributed by atoms with Gasteiger partial charge in [-0.2, -0.15) is 0 Å². The van der Waals surface area contributed by atoms with Gasteiger partial charge in [-0.3, -0.25) is 0 Å². The predicted molar refractivity (Wildman–Crippen MR) is 94.7 cm³/mol. The highest BCUT2D eigenvalue weighted by Crippen LogP contribution is 2.07. The molecule has 3 rings (SSSR count). The van der Waals surface area contributed by atoms with Crippen LogP contribution in [0.5, 0.6) is 0 Å². The Bertz CT molecular complexity index is 667. The lowest BCUT2D eigenvalue weighted by Gasteiger charge is -2.31. The zero-order chi connectivity index (χ0) is 16.8. The molecule has 0 amide bonds. The second-order valence-corrected chi connectivity index (χ2v) is 6.07. The lowest BCUT2D eigenvalue weighted by Crippen LogP contribution is -2.47. The van der Waals surface area contributed by atoms with E-state index in [1.807, 2.05) is 18.5 Å².